The molecule has 0 amide bonds. The van der Waals surface area contributed by atoms with Gasteiger partial charge in [-0.15, -0.1) is 0 Å². The van der Waals surface area contributed by atoms with Gasteiger partial charge in [-0.05, 0) is 31.9 Å². The summed E-state index contributed by atoms with van der Waals surface area (Å²) in [5.41, 5.74) is -1.78. The number of hydrogen-bond donors (Lipinski definition) is 1. The van der Waals surface area contributed by atoms with Crippen LogP contribution in [0.3, 0.4) is 0 Å². The third-order valence-corrected chi connectivity index (χ3v) is 3.13. The molecule has 1 aromatic rings. The minimum atomic E-state index is -1.49. The Hall–Kier alpha value is -1.49. The summed E-state index contributed by atoms with van der Waals surface area (Å²) >= 11 is 0. The first-order valence-electron chi connectivity index (χ1n) is 5.79. The largest absolute Gasteiger partial charge is 0.467 e. The van der Waals surface area contributed by atoms with E-state index in [9.17, 15) is 13.6 Å². The maximum Gasteiger partial charge on any atom is 0.330 e. The maximum absolute atomic E-state index is 13.8. The zero-order chi connectivity index (χ0) is 13.3. The Bertz CT molecular complexity index is 454. The Morgan fingerprint density at radius 3 is 2.39 bits per heavy atom. The monoisotopic (exact) mass is 255 g/mol. The van der Waals surface area contributed by atoms with Gasteiger partial charge in [-0.3, -0.25) is 5.32 Å². The summed E-state index contributed by atoms with van der Waals surface area (Å²) in [6, 6.07) is 3.64. The SMILES string of the molecule is COC(=O)C(C)(NC1CC1)c1c(F)cccc1F. The van der Waals surface area contributed by atoms with E-state index < -0.39 is 23.1 Å². The average molecular weight is 255 g/mol. The first-order chi connectivity index (χ1) is 8.49. The molecule has 0 aromatic heterocycles. The van der Waals surface area contributed by atoms with Crippen LogP contribution in [0.15, 0.2) is 18.2 Å². The molecule has 0 spiro atoms. The molecule has 1 unspecified atom stereocenters. The van der Waals surface area contributed by atoms with Gasteiger partial charge in [-0.25, -0.2) is 13.6 Å². The van der Waals surface area contributed by atoms with Crippen molar-refractivity contribution in [3.63, 3.8) is 0 Å². The number of halogens is 2. The second-order valence-electron chi connectivity index (χ2n) is 4.63. The normalized spacial score (nSPS) is 18.2. The Morgan fingerprint density at radius 1 is 1.39 bits per heavy atom. The summed E-state index contributed by atoms with van der Waals surface area (Å²) in [5, 5.41) is 2.96. The van der Waals surface area contributed by atoms with Gasteiger partial charge in [-0.2, -0.15) is 0 Å². The van der Waals surface area contributed by atoms with E-state index >= 15 is 0 Å². The molecule has 1 fully saturated rings. The number of methoxy groups -OCH3 is 1. The van der Waals surface area contributed by atoms with Crippen LogP contribution in [0.4, 0.5) is 8.78 Å². The summed E-state index contributed by atoms with van der Waals surface area (Å²) in [5.74, 6) is -2.20. The second-order valence-corrected chi connectivity index (χ2v) is 4.63. The summed E-state index contributed by atoms with van der Waals surface area (Å²) in [6.07, 6.45) is 1.78. The van der Waals surface area contributed by atoms with Gasteiger partial charge in [0.1, 0.15) is 17.2 Å². The number of benzene rings is 1. The number of nitrogens with one attached hydrogen (secondary N) is 1. The minimum Gasteiger partial charge on any atom is -0.467 e. The van der Waals surface area contributed by atoms with Crippen LogP contribution in [-0.4, -0.2) is 19.1 Å². The van der Waals surface area contributed by atoms with Gasteiger partial charge < -0.3 is 4.74 Å². The average Bonchev–Trinajstić information content (AvgIpc) is 3.11. The second kappa shape index (κ2) is 4.65. The van der Waals surface area contributed by atoms with Crippen molar-refractivity contribution < 1.29 is 18.3 Å². The third kappa shape index (κ3) is 2.22. The molecular weight excluding hydrogens is 240 g/mol. The zero-order valence-corrected chi connectivity index (χ0v) is 10.3. The van der Waals surface area contributed by atoms with E-state index in [2.05, 4.69) is 10.1 Å². The number of carbonyl (C=O) groups excluding carboxylic acids is 1. The van der Waals surface area contributed by atoms with Gasteiger partial charge in [0.25, 0.3) is 0 Å². The van der Waals surface area contributed by atoms with Crippen molar-refractivity contribution >= 4 is 5.97 Å². The molecule has 5 heteroatoms. The predicted octanol–water partition coefficient (Wildman–Crippen LogP) is 2.10. The fourth-order valence-corrected chi connectivity index (χ4v) is 2.05. The molecule has 3 nitrogen and oxygen atoms in total. The number of esters is 1. The minimum absolute atomic E-state index is 0.105. The molecule has 1 atom stereocenters. The molecule has 98 valence electrons. The van der Waals surface area contributed by atoms with Crippen LogP contribution < -0.4 is 5.32 Å². The lowest BCUT2D eigenvalue weighted by Gasteiger charge is -2.29. The van der Waals surface area contributed by atoms with Crippen molar-refractivity contribution in [3.8, 4) is 0 Å². The van der Waals surface area contributed by atoms with E-state index in [4.69, 9.17) is 0 Å². The van der Waals surface area contributed by atoms with E-state index in [-0.39, 0.29) is 11.6 Å². The molecular formula is C13H15F2NO2. The molecule has 1 N–H and O–H groups in total. The molecule has 0 aliphatic heterocycles. The van der Waals surface area contributed by atoms with Crippen molar-refractivity contribution in [2.24, 2.45) is 0 Å². The van der Waals surface area contributed by atoms with Crippen molar-refractivity contribution in [2.45, 2.75) is 31.3 Å². The summed E-state index contributed by atoms with van der Waals surface area (Å²) in [6.45, 7) is 1.44. The molecule has 18 heavy (non-hydrogen) atoms. The van der Waals surface area contributed by atoms with Gasteiger partial charge in [-0.1, -0.05) is 6.07 Å². The lowest BCUT2D eigenvalue weighted by molar-refractivity contribution is -0.148. The zero-order valence-electron chi connectivity index (χ0n) is 10.3. The van der Waals surface area contributed by atoms with Crippen LogP contribution in [-0.2, 0) is 15.1 Å². The standard InChI is InChI=1S/C13H15F2NO2/c1-13(12(17)18-2,16-8-6-7-8)11-9(14)4-3-5-10(11)15/h3-5,8,16H,6-7H2,1-2H3. The topological polar surface area (TPSA) is 38.3 Å². The molecule has 1 aromatic carbocycles. The van der Waals surface area contributed by atoms with E-state index in [0.29, 0.717) is 0 Å². The fraction of sp³-hybridized carbons (Fsp3) is 0.462. The van der Waals surface area contributed by atoms with Crippen molar-refractivity contribution in [2.75, 3.05) is 7.11 Å². The molecule has 2 rings (SSSR count). The van der Waals surface area contributed by atoms with E-state index in [1.165, 1.54) is 20.1 Å². The number of rotatable bonds is 4. The Morgan fingerprint density at radius 2 is 1.94 bits per heavy atom. The van der Waals surface area contributed by atoms with E-state index in [1.807, 2.05) is 0 Å². The lowest BCUT2D eigenvalue weighted by atomic mass is 9.90. The van der Waals surface area contributed by atoms with Crippen LogP contribution in [0.2, 0.25) is 0 Å². The molecule has 0 heterocycles. The summed E-state index contributed by atoms with van der Waals surface area (Å²) < 4.78 is 32.3. The van der Waals surface area contributed by atoms with Crippen LogP contribution in [0.25, 0.3) is 0 Å². The van der Waals surface area contributed by atoms with Crippen molar-refractivity contribution in [1.29, 1.82) is 0 Å². The van der Waals surface area contributed by atoms with Crippen molar-refractivity contribution in [3.05, 3.63) is 35.4 Å². The predicted molar refractivity (Wildman–Crippen MR) is 61.9 cm³/mol. The quantitative estimate of drug-likeness (QED) is 0.837. The highest BCUT2D eigenvalue weighted by Crippen LogP contribution is 2.32. The highest BCUT2D eigenvalue weighted by atomic mass is 19.1. The lowest BCUT2D eigenvalue weighted by Crippen LogP contribution is -2.49. The highest BCUT2D eigenvalue weighted by molar-refractivity contribution is 5.82. The molecule has 1 aliphatic carbocycles. The smallest absolute Gasteiger partial charge is 0.330 e. The number of ether oxygens (including phenoxy) is 1. The van der Waals surface area contributed by atoms with Gasteiger partial charge in [0, 0.05) is 6.04 Å². The van der Waals surface area contributed by atoms with Gasteiger partial charge in [0.05, 0.1) is 12.7 Å². The van der Waals surface area contributed by atoms with Gasteiger partial charge in [0.15, 0.2) is 0 Å². The molecule has 0 radical (unpaired) electrons. The highest BCUT2D eigenvalue weighted by Gasteiger charge is 2.44. The third-order valence-electron chi connectivity index (χ3n) is 3.13. The Labute approximate surface area is 104 Å². The molecule has 0 saturated heterocycles. The van der Waals surface area contributed by atoms with Crippen molar-refractivity contribution in [1.82, 2.24) is 5.32 Å². The molecule has 1 aliphatic rings. The summed E-state index contributed by atoms with van der Waals surface area (Å²) in [7, 11) is 1.20. The summed E-state index contributed by atoms with van der Waals surface area (Å²) in [4.78, 5) is 11.9. The fourth-order valence-electron chi connectivity index (χ4n) is 2.05. The Kier molecular flexibility index (Phi) is 3.34. The maximum atomic E-state index is 13.8. The number of carbonyl (C=O) groups is 1. The van der Waals surface area contributed by atoms with E-state index in [0.717, 1.165) is 25.0 Å². The molecule has 0 bridgehead atoms. The Balaban J connectivity index is 2.47. The van der Waals surface area contributed by atoms with E-state index in [1.54, 1.807) is 0 Å². The first kappa shape index (κ1) is 13.0. The molecule has 1 saturated carbocycles. The van der Waals surface area contributed by atoms with Crippen LogP contribution in [0, 0.1) is 11.6 Å². The first-order valence-corrected chi connectivity index (χ1v) is 5.79. The van der Waals surface area contributed by atoms with Crippen LogP contribution >= 0.6 is 0 Å². The van der Waals surface area contributed by atoms with Gasteiger partial charge >= 0.3 is 5.97 Å². The van der Waals surface area contributed by atoms with Crippen LogP contribution in [0.5, 0.6) is 0 Å². The van der Waals surface area contributed by atoms with Crippen LogP contribution in [0.1, 0.15) is 25.3 Å². The van der Waals surface area contributed by atoms with Gasteiger partial charge in [0.2, 0.25) is 0 Å². The number of hydrogen-bond acceptors (Lipinski definition) is 3.